The van der Waals surface area contributed by atoms with E-state index >= 15 is 0 Å². The van der Waals surface area contributed by atoms with Crippen LogP contribution in [-0.4, -0.2) is 68.8 Å². The minimum absolute atomic E-state index is 0.0233. The molecule has 0 saturated carbocycles. The highest BCUT2D eigenvalue weighted by atomic mass is 16.7. The van der Waals surface area contributed by atoms with E-state index in [4.69, 9.17) is 18.6 Å². The van der Waals surface area contributed by atoms with Gasteiger partial charge in [0.2, 0.25) is 11.7 Å². The van der Waals surface area contributed by atoms with Gasteiger partial charge in [-0.05, 0) is 17.7 Å². The third-order valence-electron chi connectivity index (χ3n) is 5.38. The minimum atomic E-state index is -1.68. The summed E-state index contributed by atoms with van der Waals surface area (Å²) in [5, 5.41) is 50.3. The first-order valence-electron chi connectivity index (χ1n) is 10.2. The van der Waals surface area contributed by atoms with Crippen molar-refractivity contribution in [2.75, 3.05) is 6.61 Å². The SMILES string of the molecule is CC(=O)OCC1O[C@@H](Oc2cc(O)c3c(=O)c(-c4ccc(O)cc4)coc3c2)C(O)[C@@H](O)[C@@H]1O. The number of phenols is 2. The number of phenolic OH excluding ortho intramolecular Hbond substituents is 2. The second-order valence-electron chi connectivity index (χ2n) is 7.78. The fraction of sp³-hybridized carbons (Fsp3) is 0.304. The molecule has 1 aliphatic rings. The van der Waals surface area contributed by atoms with E-state index in [1.165, 1.54) is 36.6 Å². The van der Waals surface area contributed by atoms with Crippen molar-refractivity contribution >= 4 is 16.9 Å². The average Bonchev–Trinajstić information content (AvgIpc) is 2.79. The predicted molar refractivity (Wildman–Crippen MR) is 115 cm³/mol. The third kappa shape index (κ3) is 4.54. The Labute approximate surface area is 192 Å². The number of aromatic hydroxyl groups is 2. The molecule has 2 unspecified atom stereocenters. The van der Waals surface area contributed by atoms with E-state index in [-0.39, 0.29) is 28.0 Å². The third-order valence-corrected chi connectivity index (χ3v) is 5.38. The van der Waals surface area contributed by atoms with E-state index in [2.05, 4.69) is 0 Å². The summed E-state index contributed by atoms with van der Waals surface area (Å²) in [6, 6.07) is 8.25. The lowest BCUT2D eigenvalue weighted by atomic mass is 9.99. The second-order valence-corrected chi connectivity index (χ2v) is 7.78. The van der Waals surface area contributed by atoms with Crippen molar-refractivity contribution in [3.8, 4) is 28.4 Å². The fourth-order valence-corrected chi connectivity index (χ4v) is 3.60. The van der Waals surface area contributed by atoms with Gasteiger partial charge in [0.1, 0.15) is 65.5 Å². The van der Waals surface area contributed by atoms with Crippen molar-refractivity contribution < 1.29 is 49.0 Å². The molecule has 0 radical (unpaired) electrons. The molecule has 1 aromatic heterocycles. The van der Waals surface area contributed by atoms with Crippen LogP contribution in [0.3, 0.4) is 0 Å². The normalized spacial score (nSPS) is 24.6. The standard InChI is InChI=1S/C23H22O11/c1-10(24)31-9-17-20(28)21(29)22(30)23(34-17)33-13-6-15(26)18-16(7-13)32-8-14(19(18)27)11-2-4-12(25)5-3-11/h2-8,17,20-23,25-26,28-30H,9H2,1H3/t17?,20-,21+,22?,23-/m1/s1. The summed E-state index contributed by atoms with van der Waals surface area (Å²) in [4.78, 5) is 24.0. The van der Waals surface area contributed by atoms with Crippen LogP contribution in [-0.2, 0) is 14.3 Å². The molecule has 34 heavy (non-hydrogen) atoms. The van der Waals surface area contributed by atoms with Gasteiger partial charge >= 0.3 is 5.97 Å². The van der Waals surface area contributed by atoms with E-state index < -0.39 is 54.5 Å². The number of hydrogen-bond donors (Lipinski definition) is 5. The first-order chi connectivity index (χ1) is 16.2. The Bertz CT molecular complexity index is 1250. The molecule has 1 saturated heterocycles. The molecule has 11 heteroatoms. The van der Waals surface area contributed by atoms with E-state index in [1.807, 2.05) is 0 Å². The maximum Gasteiger partial charge on any atom is 0.302 e. The van der Waals surface area contributed by atoms with Crippen LogP contribution < -0.4 is 10.2 Å². The Morgan fingerprint density at radius 2 is 1.74 bits per heavy atom. The number of aliphatic hydroxyl groups is 3. The molecule has 1 aliphatic heterocycles. The fourth-order valence-electron chi connectivity index (χ4n) is 3.60. The van der Waals surface area contributed by atoms with E-state index in [1.54, 1.807) is 0 Å². The molecule has 3 aromatic rings. The zero-order valence-corrected chi connectivity index (χ0v) is 17.8. The summed E-state index contributed by atoms with van der Waals surface area (Å²) in [7, 11) is 0. The number of hydrogen-bond acceptors (Lipinski definition) is 11. The quantitative estimate of drug-likeness (QED) is 0.328. The van der Waals surface area contributed by atoms with E-state index in [9.17, 15) is 35.1 Å². The molecule has 11 nitrogen and oxygen atoms in total. The second kappa shape index (κ2) is 9.31. The van der Waals surface area contributed by atoms with Crippen LogP contribution in [0.25, 0.3) is 22.1 Å². The molecule has 0 bridgehead atoms. The Morgan fingerprint density at radius 3 is 2.41 bits per heavy atom. The smallest absolute Gasteiger partial charge is 0.302 e. The number of benzene rings is 2. The van der Waals surface area contributed by atoms with Gasteiger partial charge in [0.15, 0.2) is 0 Å². The monoisotopic (exact) mass is 474 g/mol. The van der Waals surface area contributed by atoms with Crippen molar-refractivity contribution in [3.05, 3.63) is 52.9 Å². The molecule has 5 atom stereocenters. The molecule has 5 N–H and O–H groups in total. The Balaban J connectivity index is 1.62. The maximum absolute atomic E-state index is 12.9. The number of ether oxygens (including phenoxy) is 3. The lowest BCUT2D eigenvalue weighted by molar-refractivity contribution is -0.278. The highest BCUT2D eigenvalue weighted by Crippen LogP contribution is 2.32. The van der Waals surface area contributed by atoms with Crippen LogP contribution in [0.1, 0.15) is 6.92 Å². The van der Waals surface area contributed by atoms with Gasteiger partial charge in [-0.3, -0.25) is 9.59 Å². The predicted octanol–water partition coefficient (Wildman–Crippen LogP) is 0.621. The molecule has 2 aromatic carbocycles. The number of rotatable bonds is 5. The van der Waals surface area contributed by atoms with Gasteiger partial charge in [-0.15, -0.1) is 0 Å². The molecular formula is C23H22O11. The van der Waals surface area contributed by atoms with Gasteiger partial charge in [-0.25, -0.2) is 0 Å². The van der Waals surface area contributed by atoms with Crippen molar-refractivity contribution in [3.63, 3.8) is 0 Å². The molecule has 180 valence electrons. The van der Waals surface area contributed by atoms with Crippen molar-refractivity contribution in [1.29, 1.82) is 0 Å². The first-order valence-corrected chi connectivity index (χ1v) is 10.2. The number of aliphatic hydroxyl groups excluding tert-OH is 3. The zero-order valence-electron chi connectivity index (χ0n) is 17.8. The summed E-state index contributed by atoms with van der Waals surface area (Å²) in [6.07, 6.45) is -6.38. The zero-order chi connectivity index (χ0) is 24.6. The van der Waals surface area contributed by atoms with Gasteiger partial charge in [0.05, 0.1) is 5.56 Å². The van der Waals surface area contributed by atoms with Crippen LogP contribution in [0.15, 0.2) is 51.9 Å². The van der Waals surface area contributed by atoms with Gasteiger partial charge < -0.3 is 44.2 Å². The summed E-state index contributed by atoms with van der Waals surface area (Å²) in [5.41, 5.74) is 0.0843. The number of esters is 1. The summed E-state index contributed by atoms with van der Waals surface area (Å²) < 4.78 is 21.3. The van der Waals surface area contributed by atoms with Crippen LogP contribution in [0.5, 0.6) is 17.2 Å². The Kier molecular flexibility index (Phi) is 6.44. The van der Waals surface area contributed by atoms with E-state index in [0.717, 1.165) is 13.0 Å². The van der Waals surface area contributed by atoms with Gasteiger partial charge in [0.25, 0.3) is 0 Å². The van der Waals surface area contributed by atoms with Crippen LogP contribution in [0.4, 0.5) is 0 Å². The van der Waals surface area contributed by atoms with Gasteiger partial charge in [0, 0.05) is 19.1 Å². The lowest BCUT2D eigenvalue weighted by Crippen LogP contribution is -2.60. The van der Waals surface area contributed by atoms with Gasteiger partial charge in [-0.1, -0.05) is 12.1 Å². The number of fused-ring (bicyclic) bond motifs is 1. The van der Waals surface area contributed by atoms with Crippen molar-refractivity contribution in [1.82, 2.24) is 0 Å². The van der Waals surface area contributed by atoms with Crippen LogP contribution in [0.2, 0.25) is 0 Å². The van der Waals surface area contributed by atoms with Crippen molar-refractivity contribution in [2.45, 2.75) is 37.6 Å². The summed E-state index contributed by atoms with van der Waals surface area (Å²) in [5.74, 6) is -1.14. The van der Waals surface area contributed by atoms with Crippen LogP contribution in [0, 0.1) is 0 Å². The maximum atomic E-state index is 12.9. The summed E-state index contributed by atoms with van der Waals surface area (Å²) >= 11 is 0. The molecule has 0 aliphatic carbocycles. The van der Waals surface area contributed by atoms with Crippen molar-refractivity contribution in [2.24, 2.45) is 0 Å². The topological polar surface area (TPSA) is 176 Å². The molecule has 0 spiro atoms. The highest BCUT2D eigenvalue weighted by molar-refractivity contribution is 5.88. The average molecular weight is 474 g/mol. The largest absolute Gasteiger partial charge is 0.508 e. The molecule has 2 heterocycles. The van der Waals surface area contributed by atoms with Gasteiger partial charge in [-0.2, -0.15) is 0 Å². The molecular weight excluding hydrogens is 452 g/mol. The minimum Gasteiger partial charge on any atom is -0.508 e. The first kappa shape index (κ1) is 23.5. The molecule has 4 rings (SSSR count). The van der Waals surface area contributed by atoms with Crippen LogP contribution >= 0.6 is 0 Å². The molecule has 0 amide bonds. The highest BCUT2D eigenvalue weighted by Gasteiger charge is 2.45. The van der Waals surface area contributed by atoms with E-state index in [0.29, 0.717) is 5.56 Å². The molecule has 1 fully saturated rings. The number of carbonyl (C=O) groups excluding carboxylic acids is 1. The Morgan fingerprint density at radius 1 is 1.03 bits per heavy atom. The summed E-state index contributed by atoms with van der Waals surface area (Å²) in [6.45, 7) is 0.769. The lowest BCUT2D eigenvalue weighted by Gasteiger charge is -2.39. The Hall–Kier alpha value is -3.64. The number of carbonyl (C=O) groups is 1.